The van der Waals surface area contributed by atoms with Crippen LogP contribution >= 0.6 is 0 Å². The Hall–Kier alpha value is -2.34. The summed E-state index contributed by atoms with van der Waals surface area (Å²) in [5, 5.41) is 2.92. The fourth-order valence-corrected chi connectivity index (χ4v) is 3.25. The molecule has 0 aromatic heterocycles. The second kappa shape index (κ2) is 8.16. The average molecular weight is 360 g/mol. The molecule has 0 heterocycles. The smallest absolute Gasteiger partial charge is 0.251 e. The first-order chi connectivity index (χ1) is 11.8. The molecule has 0 radical (unpaired) electrons. The van der Waals surface area contributed by atoms with Crippen molar-refractivity contribution in [2.45, 2.75) is 19.8 Å². The Morgan fingerprint density at radius 2 is 1.68 bits per heavy atom. The Balaban J connectivity index is 1.99. The Kier molecular flexibility index (Phi) is 6.20. The van der Waals surface area contributed by atoms with Crippen LogP contribution in [-0.2, 0) is 10.0 Å². The summed E-state index contributed by atoms with van der Waals surface area (Å²) >= 11 is 0. The second-order valence-electron chi connectivity index (χ2n) is 5.94. The number of hydrogen-bond donors (Lipinski definition) is 1. The van der Waals surface area contributed by atoms with Gasteiger partial charge in [-0.05, 0) is 42.7 Å². The lowest BCUT2D eigenvalue weighted by molar-refractivity contribution is 0.0951. The van der Waals surface area contributed by atoms with Gasteiger partial charge in [-0.1, -0.05) is 37.3 Å². The zero-order valence-electron chi connectivity index (χ0n) is 14.8. The molecule has 25 heavy (non-hydrogen) atoms. The van der Waals surface area contributed by atoms with E-state index < -0.39 is 10.0 Å². The molecule has 6 heteroatoms. The molecule has 0 aliphatic heterocycles. The van der Waals surface area contributed by atoms with Crippen molar-refractivity contribution in [3.8, 4) is 0 Å². The van der Waals surface area contributed by atoms with Gasteiger partial charge in [0.2, 0.25) is 10.0 Å². The molecule has 0 bridgehead atoms. The molecule has 2 aromatic rings. The summed E-state index contributed by atoms with van der Waals surface area (Å²) in [6.07, 6.45) is 0. The molecule has 0 spiro atoms. The highest BCUT2D eigenvalue weighted by Gasteiger charge is 2.16. The second-order valence-corrected chi connectivity index (χ2v) is 8.23. The van der Waals surface area contributed by atoms with Crippen molar-refractivity contribution in [3.63, 3.8) is 0 Å². The molecule has 2 aromatic carbocycles. The van der Waals surface area contributed by atoms with E-state index >= 15 is 0 Å². The number of carbonyl (C=O) groups is 1. The fourth-order valence-electron chi connectivity index (χ4n) is 2.42. The van der Waals surface area contributed by atoms with E-state index in [9.17, 15) is 13.2 Å². The summed E-state index contributed by atoms with van der Waals surface area (Å²) in [5.74, 6) is 0.0731. The minimum Gasteiger partial charge on any atom is -0.351 e. The van der Waals surface area contributed by atoms with Gasteiger partial charge in [-0.15, -0.1) is 0 Å². The highest BCUT2D eigenvalue weighted by atomic mass is 32.2. The van der Waals surface area contributed by atoms with E-state index in [0.29, 0.717) is 17.8 Å². The molecule has 5 nitrogen and oxygen atoms in total. The summed E-state index contributed by atoms with van der Waals surface area (Å²) < 4.78 is 25.0. The van der Waals surface area contributed by atoms with Gasteiger partial charge in [0.05, 0.1) is 11.4 Å². The van der Waals surface area contributed by atoms with Gasteiger partial charge in [-0.3, -0.25) is 9.10 Å². The van der Waals surface area contributed by atoms with Crippen LogP contribution in [0.5, 0.6) is 0 Å². The number of amides is 1. The van der Waals surface area contributed by atoms with Gasteiger partial charge in [-0.25, -0.2) is 8.42 Å². The highest BCUT2D eigenvalue weighted by molar-refractivity contribution is 7.92. The van der Waals surface area contributed by atoms with Gasteiger partial charge in [0.25, 0.3) is 5.91 Å². The third-order valence-electron chi connectivity index (χ3n) is 4.21. The van der Waals surface area contributed by atoms with E-state index in [2.05, 4.69) is 12.2 Å². The lowest BCUT2D eigenvalue weighted by atomic mass is 10.0. The van der Waals surface area contributed by atoms with Crippen molar-refractivity contribution >= 4 is 21.6 Å². The topological polar surface area (TPSA) is 66.5 Å². The monoisotopic (exact) mass is 360 g/mol. The summed E-state index contributed by atoms with van der Waals surface area (Å²) in [4.78, 5) is 12.3. The Labute approximate surface area is 149 Å². The van der Waals surface area contributed by atoms with Gasteiger partial charge >= 0.3 is 0 Å². The van der Waals surface area contributed by atoms with Gasteiger partial charge < -0.3 is 5.32 Å². The number of rotatable bonds is 7. The number of nitrogens with one attached hydrogen (secondary N) is 1. The quantitative estimate of drug-likeness (QED) is 0.825. The third-order valence-corrected chi connectivity index (χ3v) is 5.99. The van der Waals surface area contributed by atoms with Crippen molar-refractivity contribution in [1.29, 1.82) is 0 Å². The first-order valence-electron chi connectivity index (χ1n) is 8.25. The van der Waals surface area contributed by atoms with E-state index in [0.717, 1.165) is 0 Å². The van der Waals surface area contributed by atoms with Crippen LogP contribution < -0.4 is 9.62 Å². The standard InChI is InChI=1S/C19H24N2O3S/c1-4-25(23,24)21(3)18-12-10-17(11-13-18)19(22)20-14-15(2)16-8-6-5-7-9-16/h5-13,15H,4,14H2,1-3H3,(H,20,22)/t15-/m0/s1. The van der Waals surface area contributed by atoms with Crippen LogP contribution in [0.3, 0.4) is 0 Å². The van der Waals surface area contributed by atoms with Crippen molar-refractivity contribution in [1.82, 2.24) is 5.32 Å². The Bertz CT molecular complexity index is 802. The fraction of sp³-hybridized carbons (Fsp3) is 0.316. The molecular weight excluding hydrogens is 336 g/mol. The number of benzene rings is 2. The lowest BCUT2D eigenvalue weighted by Gasteiger charge is -2.18. The van der Waals surface area contributed by atoms with E-state index in [4.69, 9.17) is 0 Å². The molecular formula is C19H24N2O3S. The van der Waals surface area contributed by atoms with Gasteiger partial charge in [0.15, 0.2) is 0 Å². The number of sulfonamides is 1. The van der Waals surface area contributed by atoms with Crippen LogP contribution in [0.15, 0.2) is 54.6 Å². The molecule has 0 unspecified atom stereocenters. The largest absolute Gasteiger partial charge is 0.351 e. The number of carbonyl (C=O) groups excluding carboxylic acids is 1. The van der Waals surface area contributed by atoms with Crippen LogP contribution in [-0.4, -0.2) is 33.7 Å². The summed E-state index contributed by atoms with van der Waals surface area (Å²) in [7, 11) is -1.79. The number of hydrogen-bond acceptors (Lipinski definition) is 3. The maximum absolute atomic E-state index is 12.3. The normalized spacial score (nSPS) is 12.4. The lowest BCUT2D eigenvalue weighted by Crippen LogP contribution is -2.29. The SMILES string of the molecule is CCS(=O)(=O)N(C)c1ccc(C(=O)NC[C@H](C)c2ccccc2)cc1. The van der Waals surface area contributed by atoms with E-state index in [1.54, 1.807) is 31.2 Å². The van der Waals surface area contributed by atoms with Crippen LogP contribution in [0.2, 0.25) is 0 Å². The van der Waals surface area contributed by atoms with Crippen molar-refractivity contribution in [2.24, 2.45) is 0 Å². The summed E-state index contributed by atoms with van der Waals surface area (Å²) in [6.45, 7) is 4.19. The zero-order chi connectivity index (χ0) is 18.4. The first kappa shape index (κ1) is 19.0. The van der Waals surface area contributed by atoms with Crippen molar-refractivity contribution in [2.75, 3.05) is 23.7 Å². The first-order valence-corrected chi connectivity index (χ1v) is 9.86. The minimum absolute atomic E-state index is 0.0309. The summed E-state index contributed by atoms with van der Waals surface area (Å²) in [5.41, 5.74) is 2.21. The molecule has 2 rings (SSSR count). The van der Waals surface area contributed by atoms with E-state index in [1.807, 2.05) is 30.3 Å². The average Bonchev–Trinajstić information content (AvgIpc) is 2.66. The van der Waals surface area contributed by atoms with Crippen LogP contribution in [0.25, 0.3) is 0 Å². The Morgan fingerprint density at radius 3 is 2.24 bits per heavy atom. The zero-order valence-corrected chi connectivity index (χ0v) is 15.6. The van der Waals surface area contributed by atoms with Crippen molar-refractivity contribution in [3.05, 3.63) is 65.7 Å². The third kappa shape index (κ3) is 4.82. The van der Waals surface area contributed by atoms with Gasteiger partial charge in [0.1, 0.15) is 0 Å². The highest BCUT2D eigenvalue weighted by Crippen LogP contribution is 2.18. The summed E-state index contributed by atoms with van der Waals surface area (Å²) in [6, 6.07) is 16.6. The molecule has 1 atom stereocenters. The maximum Gasteiger partial charge on any atom is 0.251 e. The number of nitrogens with zero attached hydrogens (tertiary/aromatic N) is 1. The molecule has 134 valence electrons. The van der Waals surface area contributed by atoms with Gasteiger partial charge in [0, 0.05) is 19.2 Å². The number of anilines is 1. The van der Waals surface area contributed by atoms with Crippen LogP contribution in [0, 0.1) is 0 Å². The minimum atomic E-state index is -3.30. The maximum atomic E-state index is 12.3. The predicted molar refractivity (Wildman–Crippen MR) is 101 cm³/mol. The molecule has 0 fully saturated rings. The molecule has 1 N–H and O–H groups in total. The van der Waals surface area contributed by atoms with Crippen LogP contribution in [0.1, 0.15) is 35.7 Å². The van der Waals surface area contributed by atoms with E-state index in [1.165, 1.54) is 16.9 Å². The van der Waals surface area contributed by atoms with E-state index in [-0.39, 0.29) is 17.6 Å². The Morgan fingerprint density at radius 1 is 1.08 bits per heavy atom. The molecule has 0 saturated heterocycles. The predicted octanol–water partition coefficient (Wildman–Crippen LogP) is 3.01. The molecule has 0 aliphatic carbocycles. The van der Waals surface area contributed by atoms with Gasteiger partial charge in [-0.2, -0.15) is 0 Å². The molecule has 1 amide bonds. The molecule has 0 aliphatic rings. The van der Waals surface area contributed by atoms with Crippen molar-refractivity contribution < 1.29 is 13.2 Å². The molecule has 0 saturated carbocycles. The van der Waals surface area contributed by atoms with Crippen LogP contribution in [0.4, 0.5) is 5.69 Å².